The fourth-order valence-corrected chi connectivity index (χ4v) is 2.94. The third-order valence-electron chi connectivity index (χ3n) is 4.18. The van der Waals surface area contributed by atoms with Crippen LogP contribution in [0, 0.1) is 5.82 Å². The number of carbonyl (C=O) groups is 3. The van der Waals surface area contributed by atoms with Gasteiger partial charge in [0.2, 0.25) is 11.8 Å². The van der Waals surface area contributed by atoms with Gasteiger partial charge in [-0.15, -0.1) is 0 Å². The predicted molar refractivity (Wildman–Crippen MR) is 107 cm³/mol. The molecule has 0 fully saturated rings. The minimum Gasteiger partial charge on any atom is -0.467 e. The summed E-state index contributed by atoms with van der Waals surface area (Å²) in [4.78, 5) is 36.5. The molecule has 0 aliphatic carbocycles. The molecule has 0 aliphatic rings. The van der Waals surface area contributed by atoms with Gasteiger partial charge in [-0.1, -0.05) is 35.9 Å². The van der Waals surface area contributed by atoms with E-state index in [1.165, 1.54) is 32.2 Å². The van der Waals surface area contributed by atoms with Crippen molar-refractivity contribution in [3.8, 4) is 0 Å². The molecule has 29 heavy (non-hydrogen) atoms. The number of hydrogen-bond acceptors (Lipinski definition) is 4. The van der Waals surface area contributed by atoms with Gasteiger partial charge in [0.1, 0.15) is 17.9 Å². The fraction of sp³-hybridized carbons (Fsp3) is 0.286. The molecule has 154 valence electrons. The van der Waals surface area contributed by atoms with Crippen LogP contribution in [0.15, 0.2) is 48.5 Å². The number of esters is 1. The Morgan fingerprint density at radius 1 is 1.00 bits per heavy atom. The smallest absolute Gasteiger partial charge is 0.328 e. The van der Waals surface area contributed by atoms with Crippen LogP contribution in [0.2, 0.25) is 5.02 Å². The molecule has 0 saturated heterocycles. The highest BCUT2D eigenvalue weighted by Crippen LogP contribution is 2.12. The van der Waals surface area contributed by atoms with Gasteiger partial charge in [-0.05, 0) is 35.4 Å². The van der Waals surface area contributed by atoms with Crippen molar-refractivity contribution in [3.63, 3.8) is 0 Å². The molecule has 0 aliphatic heterocycles. The number of rotatable bonds is 8. The van der Waals surface area contributed by atoms with E-state index < -0.39 is 35.7 Å². The van der Waals surface area contributed by atoms with Crippen molar-refractivity contribution in [2.75, 3.05) is 7.11 Å². The molecular formula is C21H22ClFN2O4. The molecule has 0 bridgehead atoms. The fourth-order valence-electron chi connectivity index (χ4n) is 2.82. The maximum Gasteiger partial charge on any atom is 0.328 e. The summed E-state index contributed by atoms with van der Waals surface area (Å²) in [6.07, 6.45) is 0.250. The normalized spacial score (nSPS) is 12.6. The number of amides is 2. The van der Waals surface area contributed by atoms with Crippen molar-refractivity contribution >= 4 is 29.4 Å². The first-order valence-corrected chi connectivity index (χ1v) is 9.30. The molecule has 6 nitrogen and oxygen atoms in total. The van der Waals surface area contributed by atoms with Crippen LogP contribution in [0.5, 0.6) is 0 Å². The zero-order valence-electron chi connectivity index (χ0n) is 16.1. The Labute approximate surface area is 173 Å². The zero-order valence-corrected chi connectivity index (χ0v) is 16.8. The zero-order chi connectivity index (χ0) is 21.4. The highest BCUT2D eigenvalue weighted by Gasteiger charge is 2.27. The second-order valence-electron chi connectivity index (χ2n) is 6.50. The molecule has 0 aromatic heterocycles. The monoisotopic (exact) mass is 420 g/mol. The van der Waals surface area contributed by atoms with Crippen molar-refractivity contribution in [2.45, 2.75) is 31.8 Å². The molecule has 2 atom stereocenters. The van der Waals surface area contributed by atoms with E-state index in [2.05, 4.69) is 10.6 Å². The van der Waals surface area contributed by atoms with E-state index in [9.17, 15) is 18.8 Å². The Bertz CT molecular complexity index is 873. The topological polar surface area (TPSA) is 84.5 Å². The summed E-state index contributed by atoms with van der Waals surface area (Å²) in [6.45, 7) is 1.28. The second-order valence-corrected chi connectivity index (χ2v) is 6.94. The molecule has 2 N–H and O–H groups in total. The summed E-state index contributed by atoms with van der Waals surface area (Å²) >= 11 is 5.87. The predicted octanol–water partition coefficient (Wildman–Crippen LogP) is 2.43. The molecule has 0 saturated carbocycles. The summed E-state index contributed by atoms with van der Waals surface area (Å²) in [5, 5.41) is 5.70. The van der Waals surface area contributed by atoms with Gasteiger partial charge in [0.15, 0.2) is 0 Å². The first-order chi connectivity index (χ1) is 13.8. The maximum atomic E-state index is 13.5. The Morgan fingerprint density at radius 3 is 2.24 bits per heavy atom. The highest BCUT2D eigenvalue weighted by atomic mass is 35.5. The van der Waals surface area contributed by atoms with Gasteiger partial charge in [0.25, 0.3) is 0 Å². The van der Waals surface area contributed by atoms with Crippen molar-refractivity contribution < 1.29 is 23.5 Å². The van der Waals surface area contributed by atoms with Gasteiger partial charge in [-0.25, -0.2) is 9.18 Å². The number of hydrogen-bond donors (Lipinski definition) is 2. The van der Waals surface area contributed by atoms with Crippen LogP contribution in [0.25, 0.3) is 0 Å². The van der Waals surface area contributed by atoms with E-state index in [1.54, 1.807) is 30.3 Å². The van der Waals surface area contributed by atoms with Gasteiger partial charge in [0.05, 0.1) is 7.11 Å². The average molecular weight is 421 g/mol. The Balaban J connectivity index is 2.16. The van der Waals surface area contributed by atoms with Crippen LogP contribution in [0.3, 0.4) is 0 Å². The molecule has 2 aromatic rings. The summed E-state index contributed by atoms with van der Waals surface area (Å²) < 4.78 is 18.2. The molecule has 0 unspecified atom stereocenters. The molecular weight excluding hydrogens is 399 g/mol. The maximum absolute atomic E-state index is 13.5. The highest BCUT2D eigenvalue weighted by molar-refractivity contribution is 6.30. The number of methoxy groups -OCH3 is 1. The number of nitrogens with one attached hydrogen (secondary N) is 2. The molecule has 0 spiro atoms. The first kappa shape index (κ1) is 22.4. The number of halogens is 2. The van der Waals surface area contributed by atoms with E-state index >= 15 is 0 Å². The lowest BCUT2D eigenvalue weighted by molar-refractivity contribution is -0.145. The molecule has 0 radical (unpaired) electrons. The number of carbonyl (C=O) groups excluding carboxylic acids is 3. The summed E-state index contributed by atoms with van der Waals surface area (Å²) in [5.74, 6) is -2.07. The minimum absolute atomic E-state index is 0.0675. The summed E-state index contributed by atoms with van der Waals surface area (Å²) in [7, 11) is 1.22. The van der Waals surface area contributed by atoms with Crippen LogP contribution in [0.1, 0.15) is 18.1 Å². The third kappa shape index (κ3) is 7.19. The molecule has 2 amide bonds. The largest absolute Gasteiger partial charge is 0.467 e. The van der Waals surface area contributed by atoms with Crippen LogP contribution >= 0.6 is 11.6 Å². The van der Waals surface area contributed by atoms with Crippen molar-refractivity contribution in [1.82, 2.24) is 10.6 Å². The third-order valence-corrected chi connectivity index (χ3v) is 4.43. The lowest BCUT2D eigenvalue weighted by Crippen LogP contribution is -2.53. The summed E-state index contributed by atoms with van der Waals surface area (Å²) in [5.41, 5.74) is 1.30. The van der Waals surface area contributed by atoms with E-state index in [-0.39, 0.29) is 12.8 Å². The van der Waals surface area contributed by atoms with Crippen LogP contribution < -0.4 is 10.6 Å². The van der Waals surface area contributed by atoms with Gasteiger partial charge in [0, 0.05) is 24.8 Å². The number of benzene rings is 2. The van der Waals surface area contributed by atoms with Crippen molar-refractivity contribution in [1.29, 1.82) is 0 Å². The number of ether oxygens (including phenoxy) is 1. The second kappa shape index (κ2) is 10.6. The van der Waals surface area contributed by atoms with Crippen LogP contribution in [-0.4, -0.2) is 37.0 Å². The Kier molecular flexibility index (Phi) is 8.15. The molecule has 0 heterocycles. The van der Waals surface area contributed by atoms with Crippen molar-refractivity contribution in [3.05, 3.63) is 70.5 Å². The van der Waals surface area contributed by atoms with Crippen LogP contribution in [0.4, 0.5) is 4.39 Å². The SMILES string of the molecule is COC(=O)[C@@H](Cc1ccc(Cl)cc1)NC(=O)[C@H](Cc1cccc(F)c1)NC(C)=O. The van der Waals surface area contributed by atoms with E-state index in [4.69, 9.17) is 16.3 Å². The van der Waals surface area contributed by atoms with Gasteiger partial charge in [-0.3, -0.25) is 9.59 Å². The Morgan fingerprint density at radius 2 is 1.66 bits per heavy atom. The lowest BCUT2D eigenvalue weighted by Gasteiger charge is -2.22. The average Bonchev–Trinajstić information content (AvgIpc) is 2.67. The van der Waals surface area contributed by atoms with E-state index in [0.717, 1.165) is 5.56 Å². The van der Waals surface area contributed by atoms with Crippen LogP contribution in [-0.2, 0) is 32.0 Å². The summed E-state index contributed by atoms with van der Waals surface area (Å²) in [6, 6.07) is 10.6. The van der Waals surface area contributed by atoms with E-state index in [0.29, 0.717) is 10.6 Å². The standard InChI is InChI=1S/C21H22ClFN2O4/c1-13(26)24-18(12-15-4-3-5-17(23)10-15)20(27)25-19(21(28)29-2)11-14-6-8-16(22)9-7-14/h3-10,18-19H,11-12H2,1-2H3,(H,24,26)(H,25,27)/t18-,19+/m0/s1. The lowest BCUT2D eigenvalue weighted by atomic mass is 10.0. The van der Waals surface area contributed by atoms with Gasteiger partial charge >= 0.3 is 5.97 Å². The van der Waals surface area contributed by atoms with Gasteiger partial charge < -0.3 is 15.4 Å². The molecule has 2 rings (SSSR count). The van der Waals surface area contributed by atoms with E-state index in [1.807, 2.05) is 0 Å². The Hall–Kier alpha value is -2.93. The van der Waals surface area contributed by atoms with Gasteiger partial charge in [-0.2, -0.15) is 0 Å². The molecule has 2 aromatic carbocycles. The first-order valence-electron chi connectivity index (χ1n) is 8.92. The van der Waals surface area contributed by atoms with Crippen molar-refractivity contribution in [2.24, 2.45) is 0 Å². The molecule has 8 heteroatoms. The quantitative estimate of drug-likeness (QED) is 0.642. The minimum atomic E-state index is -0.980.